The number of halogens is 2. The minimum atomic E-state index is -0.291. The topological polar surface area (TPSA) is 46.4 Å². The number of hydrogen-bond acceptors (Lipinski definition) is 3. The highest BCUT2D eigenvalue weighted by Crippen LogP contribution is 2.30. The molecule has 4 nitrogen and oxygen atoms in total. The molecule has 0 aliphatic heterocycles. The number of rotatable bonds is 4. The molecule has 3 aromatic heterocycles. The van der Waals surface area contributed by atoms with Crippen LogP contribution in [0.3, 0.4) is 0 Å². The summed E-state index contributed by atoms with van der Waals surface area (Å²) >= 11 is 11.6. The quantitative estimate of drug-likeness (QED) is 0.426. The normalized spacial score (nSPS) is 11.0. The van der Waals surface area contributed by atoms with E-state index in [-0.39, 0.29) is 11.6 Å². The van der Waals surface area contributed by atoms with E-state index in [1.807, 2.05) is 60.0 Å². The lowest BCUT2D eigenvalue weighted by Gasteiger charge is -2.04. The van der Waals surface area contributed by atoms with Crippen LogP contribution in [0.15, 0.2) is 64.6 Å². The lowest BCUT2D eigenvalue weighted by molar-refractivity contribution is 0.0946. The van der Waals surface area contributed by atoms with Gasteiger partial charge in [-0.3, -0.25) is 4.79 Å². The third-order valence-corrected chi connectivity index (χ3v) is 5.77. The van der Waals surface area contributed by atoms with E-state index in [2.05, 4.69) is 26.3 Å². The van der Waals surface area contributed by atoms with Gasteiger partial charge >= 0.3 is 0 Å². The standard InChI is InChI=1S/C19H13BrClN3OS/c20-16-10-13(12-5-2-1-3-6-12)9-15-17(21)18(23-24(15)16)19(25)22-11-14-7-4-8-26-14/h1-10H,11H2,(H,22,25). The number of pyridine rings is 1. The summed E-state index contributed by atoms with van der Waals surface area (Å²) in [4.78, 5) is 13.6. The number of fused-ring (bicyclic) bond motifs is 1. The summed E-state index contributed by atoms with van der Waals surface area (Å²) in [6, 6.07) is 17.8. The number of hydrogen-bond donors (Lipinski definition) is 1. The molecule has 0 bridgehead atoms. The monoisotopic (exact) mass is 445 g/mol. The van der Waals surface area contributed by atoms with Gasteiger partial charge < -0.3 is 5.32 Å². The van der Waals surface area contributed by atoms with Crippen LogP contribution in [0.25, 0.3) is 16.6 Å². The first kappa shape index (κ1) is 17.3. The van der Waals surface area contributed by atoms with Crippen molar-refractivity contribution in [3.8, 4) is 11.1 Å². The summed E-state index contributed by atoms with van der Waals surface area (Å²) in [6.45, 7) is 0.455. The van der Waals surface area contributed by atoms with Crippen molar-refractivity contribution in [3.63, 3.8) is 0 Å². The Morgan fingerprint density at radius 1 is 1.15 bits per heavy atom. The lowest BCUT2D eigenvalue weighted by atomic mass is 10.1. The van der Waals surface area contributed by atoms with Crippen molar-refractivity contribution in [2.75, 3.05) is 0 Å². The van der Waals surface area contributed by atoms with Crippen molar-refractivity contribution in [3.05, 3.63) is 80.2 Å². The van der Waals surface area contributed by atoms with Gasteiger partial charge in [0.25, 0.3) is 5.91 Å². The molecule has 130 valence electrons. The molecule has 0 saturated heterocycles. The highest BCUT2D eigenvalue weighted by Gasteiger charge is 2.20. The summed E-state index contributed by atoms with van der Waals surface area (Å²) in [5, 5.41) is 9.55. The molecule has 0 unspecified atom stereocenters. The molecule has 0 aliphatic rings. The van der Waals surface area contributed by atoms with Crippen LogP contribution in [0.4, 0.5) is 0 Å². The number of thiophene rings is 1. The molecule has 1 N–H and O–H groups in total. The molecule has 1 amide bonds. The highest BCUT2D eigenvalue weighted by atomic mass is 79.9. The molecule has 1 aromatic carbocycles. The van der Waals surface area contributed by atoms with E-state index in [0.29, 0.717) is 17.1 Å². The van der Waals surface area contributed by atoms with Gasteiger partial charge in [-0.15, -0.1) is 11.3 Å². The molecule has 0 aliphatic carbocycles. The second-order valence-electron chi connectivity index (χ2n) is 5.65. The van der Waals surface area contributed by atoms with Gasteiger partial charge in [-0.2, -0.15) is 5.10 Å². The predicted octanol–water partition coefficient (Wildman–Crippen LogP) is 5.41. The van der Waals surface area contributed by atoms with Gasteiger partial charge in [-0.1, -0.05) is 48.0 Å². The molecule has 4 rings (SSSR count). The summed E-state index contributed by atoms with van der Waals surface area (Å²) < 4.78 is 2.36. The van der Waals surface area contributed by atoms with E-state index in [1.54, 1.807) is 15.9 Å². The maximum atomic E-state index is 12.5. The second kappa shape index (κ2) is 7.23. The fourth-order valence-electron chi connectivity index (χ4n) is 2.68. The zero-order valence-electron chi connectivity index (χ0n) is 13.4. The van der Waals surface area contributed by atoms with Crippen molar-refractivity contribution in [2.24, 2.45) is 0 Å². The van der Waals surface area contributed by atoms with Crippen molar-refractivity contribution in [1.82, 2.24) is 14.9 Å². The van der Waals surface area contributed by atoms with Crippen LogP contribution in [0, 0.1) is 0 Å². The lowest BCUT2D eigenvalue weighted by Crippen LogP contribution is -2.23. The highest BCUT2D eigenvalue weighted by molar-refractivity contribution is 9.10. The van der Waals surface area contributed by atoms with Gasteiger partial charge in [0, 0.05) is 4.88 Å². The van der Waals surface area contributed by atoms with E-state index in [1.165, 1.54) is 0 Å². The number of nitrogens with one attached hydrogen (secondary N) is 1. The smallest absolute Gasteiger partial charge is 0.273 e. The van der Waals surface area contributed by atoms with Crippen LogP contribution in [-0.2, 0) is 6.54 Å². The van der Waals surface area contributed by atoms with Crippen molar-refractivity contribution < 1.29 is 4.79 Å². The Hall–Kier alpha value is -2.15. The summed E-state index contributed by atoms with van der Waals surface area (Å²) in [7, 11) is 0. The molecule has 26 heavy (non-hydrogen) atoms. The second-order valence-corrected chi connectivity index (χ2v) is 7.88. The molecule has 0 spiro atoms. The maximum Gasteiger partial charge on any atom is 0.273 e. The van der Waals surface area contributed by atoms with Gasteiger partial charge in [0.15, 0.2) is 5.69 Å². The zero-order chi connectivity index (χ0) is 18.1. The van der Waals surface area contributed by atoms with Crippen LogP contribution in [0.2, 0.25) is 5.02 Å². The van der Waals surface area contributed by atoms with Gasteiger partial charge in [-0.05, 0) is 50.6 Å². The fourth-order valence-corrected chi connectivity index (χ4v) is 4.10. The van der Waals surface area contributed by atoms with Crippen LogP contribution in [0.1, 0.15) is 15.4 Å². The average Bonchev–Trinajstić information content (AvgIpc) is 3.29. The molecule has 3 heterocycles. The van der Waals surface area contributed by atoms with Crippen LogP contribution in [-0.4, -0.2) is 15.5 Å². The van der Waals surface area contributed by atoms with Gasteiger partial charge in [-0.25, -0.2) is 4.52 Å². The van der Waals surface area contributed by atoms with Crippen LogP contribution in [0.5, 0.6) is 0 Å². The predicted molar refractivity (Wildman–Crippen MR) is 109 cm³/mol. The Bertz CT molecular complexity index is 1080. The number of carbonyl (C=O) groups excluding carboxylic acids is 1. The Labute approximate surface area is 167 Å². The molecule has 4 aromatic rings. The largest absolute Gasteiger partial charge is 0.346 e. The van der Waals surface area contributed by atoms with Gasteiger partial charge in [0.2, 0.25) is 0 Å². The third-order valence-electron chi connectivity index (χ3n) is 3.96. The molecule has 0 radical (unpaired) electrons. The SMILES string of the molecule is O=C(NCc1cccs1)c1nn2c(Br)cc(-c3ccccc3)cc2c1Cl. The summed E-state index contributed by atoms with van der Waals surface area (Å²) in [6.07, 6.45) is 0. The Morgan fingerprint density at radius 3 is 2.69 bits per heavy atom. The molecule has 7 heteroatoms. The number of nitrogens with zero attached hydrogens (tertiary/aromatic N) is 2. The van der Waals surface area contributed by atoms with E-state index in [4.69, 9.17) is 11.6 Å². The van der Waals surface area contributed by atoms with Crippen LogP contribution < -0.4 is 5.32 Å². The van der Waals surface area contributed by atoms with Crippen molar-refractivity contribution >= 4 is 50.3 Å². The van der Waals surface area contributed by atoms with Crippen molar-refractivity contribution in [1.29, 1.82) is 0 Å². The molecular formula is C19H13BrClN3OS. The molecule has 0 saturated carbocycles. The minimum Gasteiger partial charge on any atom is -0.346 e. The van der Waals surface area contributed by atoms with Crippen LogP contribution >= 0.6 is 38.9 Å². The fraction of sp³-hybridized carbons (Fsp3) is 0.0526. The number of aromatic nitrogens is 2. The molecular weight excluding hydrogens is 434 g/mol. The first-order valence-electron chi connectivity index (χ1n) is 7.87. The number of amides is 1. The minimum absolute atomic E-state index is 0.217. The number of benzene rings is 1. The van der Waals surface area contributed by atoms with Gasteiger partial charge in [0.05, 0.1) is 17.1 Å². The zero-order valence-corrected chi connectivity index (χ0v) is 16.6. The third kappa shape index (κ3) is 3.28. The Kier molecular flexibility index (Phi) is 4.80. The van der Waals surface area contributed by atoms with Gasteiger partial charge in [0.1, 0.15) is 4.60 Å². The van der Waals surface area contributed by atoms with E-state index in [0.717, 1.165) is 20.6 Å². The van der Waals surface area contributed by atoms with E-state index in [9.17, 15) is 4.79 Å². The summed E-state index contributed by atoms with van der Waals surface area (Å²) in [5.41, 5.74) is 2.96. The van der Waals surface area contributed by atoms with E-state index >= 15 is 0 Å². The first-order chi connectivity index (χ1) is 12.6. The molecule has 0 fully saturated rings. The first-order valence-corrected chi connectivity index (χ1v) is 9.92. The number of carbonyl (C=O) groups is 1. The maximum absolute atomic E-state index is 12.5. The Balaban J connectivity index is 1.70. The van der Waals surface area contributed by atoms with E-state index < -0.39 is 0 Å². The molecule has 0 atom stereocenters. The Morgan fingerprint density at radius 2 is 1.96 bits per heavy atom. The summed E-state index contributed by atoms with van der Waals surface area (Å²) in [5.74, 6) is -0.291. The average molecular weight is 447 g/mol. The van der Waals surface area contributed by atoms with Crippen molar-refractivity contribution in [2.45, 2.75) is 6.54 Å².